The summed E-state index contributed by atoms with van der Waals surface area (Å²) in [6.07, 6.45) is 1.81. The Morgan fingerprint density at radius 2 is 1.68 bits per heavy atom. The van der Waals surface area contributed by atoms with Crippen molar-refractivity contribution in [3.63, 3.8) is 0 Å². The van der Waals surface area contributed by atoms with Gasteiger partial charge in [-0.15, -0.1) is 0 Å². The van der Waals surface area contributed by atoms with Crippen LogP contribution in [0.4, 0.5) is 11.8 Å². The molecule has 1 fully saturated rings. The summed E-state index contributed by atoms with van der Waals surface area (Å²) < 4.78 is 5.54. The summed E-state index contributed by atoms with van der Waals surface area (Å²) in [7, 11) is 0. The lowest BCUT2D eigenvalue weighted by molar-refractivity contribution is 0.122. The first kappa shape index (κ1) is 20.6. The molecule has 1 saturated heterocycles. The number of ether oxygens (including phenoxy) is 1. The Hall–Kier alpha value is -4.03. The lowest BCUT2D eigenvalue weighted by atomic mass is 9.97. The van der Waals surface area contributed by atoms with Crippen molar-refractivity contribution in [1.29, 1.82) is 0 Å². The van der Waals surface area contributed by atoms with E-state index in [4.69, 9.17) is 14.7 Å². The molecule has 1 aliphatic heterocycles. The molecule has 5 aromatic rings. The van der Waals surface area contributed by atoms with Gasteiger partial charge in [-0.3, -0.25) is 4.98 Å². The number of hydrogen-bond acceptors (Lipinski definition) is 6. The molecule has 34 heavy (non-hydrogen) atoms. The lowest BCUT2D eigenvalue weighted by Gasteiger charge is -2.27. The van der Waals surface area contributed by atoms with Crippen molar-refractivity contribution in [2.45, 2.75) is 6.54 Å². The van der Waals surface area contributed by atoms with E-state index in [1.54, 1.807) is 0 Å². The summed E-state index contributed by atoms with van der Waals surface area (Å²) in [6.45, 7) is 3.55. The van der Waals surface area contributed by atoms with Crippen molar-refractivity contribution in [3.05, 3.63) is 90.8 Å². The van der Waals surface area contributed by atoms with Gasteiger partial charge in [0.1, 0.15) is 5.82 Å². The summed E-state index contributed by atoms with van der Waals surface area (Å²) in [5.74, 6) is 1.55. The Bertz CT molecular complexity index is 1440. The third-order valence-corrected chi connectivity index (χ3v) is 6.24. The van der Waals surface area contributed by atoms with Gasteiger partial charge in [0.2, 0.25) is 5.95 Å². The summed E-state index contributed by atoms with van der Waals surface area (Å²) in [6, 6.07) is 27.3. The Labute approximate surface area is 198 Å². The standard InChI is InChI=1S/C28H25N5O/c1-2-9-23-20(6-1)7-5-10-24(23)21-11-12-25-26(18-21)31-28(33-14-16-34-17-15-33)32-27(25)30-19-22-8-3-4-13-29-22/h1-13,18H,14-17,19H2,(H,30,31,32). The highest BCUT2D eigenvalue weighted by molar-refractivity contribution is 6.00. The van der Waals surface area contributed by atoms with E-state index in [-0.39, 0.29) is 0 Å². The van der Waals surface area contributed by atoms with E-state index < -0.39 is 0 Å². The Morgan fingerprint density at radius 1 is 0.824 bits per heavy atom. The molecule has 0 bridgehead atoms. The normalized spacial score (nSPS) is 13.9. The SMILES string of the molecule is c1ccc(CNc2nc(N3CCOCC3)nc3cc(-c4cccc5ccccc45)ccc23)nc1. The summed E-state index contributed by atoms with van der Waals surface area (Å²) in [4.78, 5) is 16.5. The van der Waals surface area contributed by atoms with E-state index in [1.165, 1.54) is 16.3 Å². The zero-order valence-corrected chi connectivity index (χ0v) is 18.8. The average Bonchev–Trinajstić information content (AvgIpc) is 2.92. The Balaban J connectivity index is 1.45. The van der Waals surface area contributed by atoms with Gasteiger partial charge in [-0.1, -0.05) is 54.6 Å². The molecule has 3 heterocycles. The van der Waals surface area contributed by atoms with Crippen molar-refractivity contribution in [2.24, 2.45) is 0 Å². The first-order valence-corrected chi connectivity index (χ1v) is 11.6. The minimum absolute atomic E-state index is 0.598. The van der Waals surface area contributed by atoms with Crippen LogP contribution in [0.25, 0.3) is 32.8 Å². The molecule has 6 nitrogen and oxygen atoms in total. The molecular formula is C28H25N5O. The number of pyridine rings is 1. The highest BCUT2D eigenvalue weighted by Gasteiger charge is 2.17. The quantitative estimate of drug-likeness (QED) is 0.395. The zero-order chi connectivity index (χ0) is 22.7. The molecule has 6 rings (SSSR count). The number of hydrogen-bond donors (Lipinski definition) is 1. The predicted molar refractivity (Wildman–Crippen MR) is 137 cm³/mol. The monoisotopic (exact) mass is 447 g/mol. The Morgan fingerprint density at radius 3 is 2.56 bits per heavy atom. The van der Waals surface area contributed by atoms with Gasteiger partial charge in [0.05, 0.1) is 31.0 Å². The topological polar surface area (TPSA) is 63.2 Å². The number of nitrogens with zero attached hydrogens (tertiary/aromatic N) is 4. The first-order valence-electron chi connectivity index (χ1n) is 11.6. The number of aromatic nitrogens is 3. The molecule has 2 aromatic heterocycles. The lowest BCUT2D eigenvalue weighted by Crippen LogP contribution is -2.37. The fourth-order valence-corrected chi connectivity index (χ4v) is 4.48. The number of fused-ring (bicyclic) bond motifs is 2. The summed E-state index contributed by atoms with van der Waals surface area (Å²) in [5.41, 5.74) is 4.24. The molecule has 0 amide bonds. The zero-order valence-electron chi connectivity index (χ0n) is 18.8. The second kappa shape index (κ2) is 9.08. The van der Waals surface area contributed by atoms with Crippen LogP contribution in [-0.4, -0.2) is 41.3 Å². The molecule has 0 aliphatic carbocycles. The minimum Gasteiger partial charge on any atom is -0.378 e. The maximum absolute atomic E-state index is 5.54. The van der Waals surface area contributed by atoms with Crippen molar-refractivity contribution in [2.75, 3.05) is 36.5 Å². The van der Waals surface area contributed by atoms with Crippen LogP contribution in [-0.2, 0) is 11.3 Å². The molecule has 3 aromatic carbocycles. The number of benzene rings is 3. The van der Waals surface area contributed by atoms with Crippen LogP contribution in [0.1, 0.15) is 5.69 Å². The fourth-order valence-electron chi connectivity index (χ4n) is 4.48. The third-order valence-electron chi connectivity index (χ3n) is 6.24. The van der Waals surface area contributed by atoms with Crippen molar-refractivity contribution in [1.82, 2.24) is 15.0 Å². The molecule has 1 N–H and O–H groups in total. The predicted octanol–water partition coefficient (Wildman–Crippen LogP) is 5.29. The minimum atomic E-state index is 0.598. The maximum Gasteiger partial charge on any atom is 0.228 e. The molecule has 0 radical (unpaired) electrons. The Kier molecular flexibility index (Phi) is 5.49. The largest absolute Gasteiger partial charge is 0.378 e. The molecule has 0 atom stereocenters. The van der Waals surface area contributed by atoms with Gasteiger partial charge >= 0.3 is 0 Å². The summed E-state index contributed by atoms with van der Waals surface area (Å²) in [5, 5.41) is 6.97. The highest BCUT2D eigenvalue weighted by atomic mass is 16.5. The first-order chi connectivity index (χ1) is 16.8. The second-order valence-electron chi connectivity index (χ2n) is 8.40. The second-order valence-corrected chi connectivity index (χ2v) is 8.40. The van der Waals surface area contributed by atoms with Crippen molar-refractivity contribution < 1.29 is 4.74 Å². The van der Waals surface area contributed by atoms with E-state index in [0.29, 0.717) is 19.8 Å². The van der Waals surface area contributed by atoms with Crippen LogP contribution in [0, 0.1) is 0 Å². The van der Waals surface area contributed by atoms with E-state index in [2.05, 4.69) is 75.9 Å². The van der Waals surface area contributed by atoms with Gasteiger partial charge in [-0.05, 0) is 46.2 Å². The van der Waals surface area contributed by atoms with Crippen LogP contribution >= 0.6 is 0 Å². The van der Waals surface area contributed by atoms with Crippen molar-refractivity contribution in [3.8, 4) is 11.1 Å². The fraction of sp³-hybridized carbons (Fsp3) is 0.179. The summed E-state index contributed by atoms with van der Waals surface area (Å²) >= 11 is 0. The van der Waals surface area contributed by atoms with Gasteiger partial charge in [-0.25, -0.2) is 4.98 Å². The maximum atomic E-state index is 5.54. The molecule has 1 aliphatic rings. The molecular weight excluding hydrogens is 422 g/mol. The molecule has 168 valence electrons. The van der Waals surface area contributed by atoms with Gasteiger partial charge in [0.25, 0.3) is 0 Å². The van der Waals surface area contributed by atoms with Crippen LogP contribution in [0.2, 0.25) is 0 Å². The molecule has 0 unspecified atom stereocenters. The van der Waals surface area contributed by atoms with Crippen LogP contribution in [0.15, 0.2) is 85.1 Å². The number of nitrogens with one attached hydrogen (secondary N) is 1. The number of rotatable bonds is 5. The molecule has 6 heteroatoms. The third kappa shape index (κ3) is 4.04. The van der Waals surface area contributed by atoms with Crippen LogP contribution in [0.5, 0.6) is 0 Å². The van der Waals surface area contributed by atoms with Crippen LogP contribution < -0.4 is 10.2 Å². The molecule has 0 saturated carbocycles. The van der Waals surface area contributed by atoms with E-state index in [0.717, 1.165) is 47.0 Å². The van der Waals surface area contributed by atoms with E-state index in [1.807, 2.05) is 24.4 Å². The average molecular weight is 448 g/mol. The van der Waals surface area contributed by atoms with E-state index >= 15 is 0 Å². The smallest absolute Gasteiger partial charge is 0.228 e. The van der Waals surface area contributed by atoms with Crippen molar-refractivity contribution >= 4 is 33.4 Å². The molecule has 0 spiro atoms. The number of morpholine rings is 1. The number of anilines is 2. The van der Waals surface area contributed by atoms with Gasteiger partial charge in [0, 0.05) is 24.7 Å². The van der Waals surface area contributed by atoms with Crippen LogP contribution in [0.3, 0.4) is 0 Å². The van der Waals surface area contributed by atoms with Gasteiger partial charge in [0.15, 0.2) is 0 Å². The van der Waals surface area contributed by atoms with Gasteiger partial charge in [-0.2, -0.15) is 4.98 Å². The highest BCUT2D eigenvalue weighted by Crippen LogP contribution is 2.33. The van der Waals surface area contributed by atoms with Gasteiger partial charge < -0.3 is 15.0 Å². The van der Waals surface area contributed by atoms with E-state index in [9.17, 15) is 0 Å².